The number of nitrogens with one attached hydrogen (secondary N) is 2. The first-order valence-corrected chi connectivity index (χ1v) is 7.53. The molecule has 0 aliphatic carbocycles. The van der Waals surface area contributed by atoms with Gasteiger partial charge in [-0.2, -0.15) is 0 Å². The van der Waals surface area contributed by atoms with E-state index in [0.29, 0.717) is 6.54 Å². The average molecular weight is 300 g/mol. The van der Waals surface area contributed by atoms with Crippen LogP contribution in [0.15, 0.2) is 29.2 Å². The molecule has 20 heavy (non-hydrogen) atoms. The summed E-state index contributed by atoms with van der Waals surface area (Å²) in [6.07, 6.45) is -0.413. The Labute approximate surface area is 121 Å². The molecule has 110 valence electrons. The van der Waals surface area contributed by atoms with Gasteiger partial charge in [-0.15, -0.1) is 11.8 Å². The van der Waals surface area contributed by atoms with Gasteiger partial charge in [-0.1, -0.05) is 17.7 Å². The molecule has 0 spiro atoms. The highest BCUT2D eigenvalue weighted by Gasteiger charge is 2.42. The number of benzene rings is 1. The maximum atomic E-state index is 13.0. The highest BCUT2D eigenvalue weighted by Crippen LogP contribution is 2.25. The van der Waals surface area contributed by atoms with Crippen LogP contribution in [0.4, 0.5) is 8.78 Å². The molecular formula is C14H18F2N2OS. The molecule has 1 heterocycles. The number of carbonyl (C=O) groups excluding carboxylic acids is 1. The number of hydrogen-bond donors (Lipinski definition) is 2. The van der Waals surface area contributed by atoms with E-state index in [2.05, 4.69) is 10.6 Å². The SMILES string of the molecule is Cc1ccc(SCCNC(=O)C2CC(F)(F)CN2)cc1. The zero-order valence-electron chi connectivity index (χ0n) is 11.3. The lowest BCUT2D eigenvalue weighted by Crippen LogP contribution is -2.41. The van der Waals surface area contributed by atoms with Gasteiger partial charge in [0.05, 0.1) is 12.6 Å². The normalized spacial score (nSPS) is 20.9. The highest BCUT2D eigenvalue weighted by molar-refractivity contribution is 7.99. The Balaban J connectivity index is 1.66. The van der Waals surface area contributed by atoms with Crippen molar-refractivity contribution >= 4 is 17.7 Å². The van der Waals surface area contributed by atoms with Crippen LogP contribution >= 0.6 is 11.8 Å². The molecule has 2 rings (SSSR count). The van der Waals surface area contributed by atoms with Crippen LogP contribution in [0.2, 0.25) is 0 Å². The third kappa shape index (κ3) is 4.45. The van der Waals surface area contributed by atoms with Crippen molar-refractivity contribution in [2.45, 2.75) is 30.2 Å². The molecule has 1 atom stereocenters. The fourth-order valence-corrected chi connectivity index (χ4v) is 2.77. The minimum absolute atomic E-state index is 0.341. The zero-order valence-corrected chi connectivity index (χ0v) is 12.1. The molecule has 1 aromatic rings. The van der Waals surface area contributed by atoms with Crippen LogP contribution in [0.1, 0.15) is 12.0 Å². The number of aryl methyl sites for hydroxylation is 1. The molecule has 3 nitrogen and oxygen atoms in total. The molecule has 1 aromatic carbocycles. The van der Waals surface area contributed by atoms with Crippen molar-refractivity contribution < 1.29 is 13.6 Å². The van der Waals surface area contributed by atoms with Gasteiger partial charge in [0.15, 0.2) is 0 Å². The summed E-state index contributed by atoms with van der Waals surface area (Å²) >= 11 is 1.63. The van der Waals surface area contributed by atoms with Crippen molar-refractivity contribution in [3.05, 3.63) is 29.8 Å². The van der Waals surface area contributed by atoms with Crippen molar-refractivity contribution in [1.82, 2.24) is 10.6 Å². The van der Waals surface area contributed by atoms with Gasteiger partial charge in [0.1, 0.15) is 0 Å². The third-order valence-corrected chi connectivity index (χ3v) is 4.13. The van der Waals surface area contributed by atoms with E-state index in [1.54, 1.807) is 11.8 Å². The van der Waals surface area contributed by atoms with Crippen LogP contribution < -0.4 is 10.6 Å². The Morgan fingerprint density at radius 3 is 2.75 bits per heavy atom. The van der Waals surface area contributed by atoms with Crippen LogP contribution in [0.25, 0.3) is 0 Å². The summed E-state index contributed by atoms with van der Waals surface area (Å²) in [6.45, 7) is 2.09. The molecule has 0 saturated carbocycles. The van der Waals surface area contributed by atoms with E-state index in [9.17, 15) is 13.6 Å². The lowest BCUT2D eigenvalue weighted by atomic mass is 10.2. The van der Waals surface area contributed by atoms with Gasteiger partial charge in [0.2, 0.25) is 5.91 Å². The average Bonchev–Trinajstić information content (AvgIpc) is 2.77. The number of alkyl halides is 2. The van der Waals surface area contributed by atoms with Crippen molar-refractivity contribution in [3.63, 3.8) is 0 Å². The number of hydrogen-bond acceptors (Lipinski definition) is 3. The standard InChI is InChI=1S/C14H18F2N2OS/c1-10-2-4-11(5-3-10)20-7-6-17-13(19)12-8-14(15,16)9-18-12/h2-5,12,18H,6-9H2,1H3,(H,17,19). The summed E-state index contributed by atoms with van der Waals surface area (Å²) in [7, 11) is 0. The van der Waals surface area contributed by atoms with Crippen molar-refractivity contribution in [2.75, 3.05) is 18.8 Å². The second kappa shape index (κ2) is 6.54. The van der Waals surface area contributed by atoms with E-state index in [4.69, 9.17) is 0 Å². The number of halogens is 2. The van der Waals surface area contributed by atoms with Crippen LogP contribution in [0, 0.1) is 6.92 Å². The summed E-state index contributed by atoms with van der Waals surface area (Å²) in [5.41, 5.74) is 1.20. The van der Waals surface area contributed by atoms with E-state index in [1.807, 2.05) is 31.2 Å². The quantitative estimate of drug-likeness (QED) is 0.647. The second-order valence-electron chi connectivity index (χ2n) is 4.95. The Morgan fingerprint density at radius 2 is 2.15 bits per heavy atom. The fraction of sp³-hybridized carbons (Fsp3) is 0.500. The van der Waals surface area contributed by atoms with Gasteiger partial charge >= 0.3 is 0 Å². The van der Waals surface area contributed by atoms with Crippen LogP contribution in [0.3, 0.4) is 0 Å². The molecule has 1 amide bonds. The van der Waals surface area contributed by atoms with E-state index < -0.39 is 24.9 Å². The van der Waals surface area contributed by atoms with Gasteiger partial charge in [-0.3, -0.25) is 10.1 Å². The Morgan fingerprint density at radius 1 is 1.45 bits per heavy atom. The van der Waals surface area contributed by atoms with Gasteiger partial charge in [0.25, 0.3) is 5.92 Å². The molecule has 1 unspecified atom stereocenters. The number of rotatable bonds is 5. The molecule has 1 aliphatic heterocycles. The molecule has 2 N–H and O–H groups in total. The van der Waals surface area contributed by atoms with Crippen LogP contribution in [0.5, 0.6) is 0 Å². The van der Waals surface area contributed by atoms with Gasteiger partial charge < -0.3 is 5.32 Å². The van der Waals surface area contributed by atoms with E-state index in [0.717, 1.165) is 10.6 Å². The van der Waals surface area contributed by atoms with Gasteiger partial charge in [-0.05, 0) is 19.1 Å². The van der Waals surface area contributed by atoms with Gasteiger partial charge in [0, 0.05) is 23.6 Å². The predicted octanol–water partition coefficient (Wildman–Crippen LogP) is 2.20. The van der Waals surface area contributed by atoms with Gasteiger partial charge in [-0.25, -0.2) is 8.78 Å². The molecule has 0 radical (unpaired) electrons. The summed E-state index contributed by atoms with van der Waals surface area (Å²) in [5.74, 6) is -2.39. The van der Waals surface area contributed by atoms with E-state index >= 15 is 0 Å². The minimum Gasteiger partial charge on any atom is -0.354 e. The van der Waals surface area contributed by atoms with Crippen LogP contribution in [-0.4, -0.2) is 36.7 Å². The van der Waals surface area contributed by atoms with Crippen LogP contribution in [-0.2, 0) is 4.79 Å². The summed E-state index contributed by atoms with van der Waals surface area (Å²) in [4.78, 5) is 12.8. The Hall–Kier alpha value is -1.14. The second-order valence-corrected chi connectivity index (χ2v) is 6.11. The first-order valence-electron chi connectivity index (χ1n) is 6.55. The monoisotopic (exact) mass is 300 g/mol. The maximum absolute atomic E-state index is 13.0. The number of thioether (sulfide) groups is 1. The largest absolute Gasteiger partial charge is 0.354 e. The molecule has 0 aromatic heterocycles. The third-order valence-electron chi connectivity index (χ3n) is 3.12. The van der Waals surface area contributed by atoms with E-state index in [-0.39, 0.29) is 5.91 Å². The van der Waals surface area contributed by atoms with Crippen molar-refractivity contribution in [1.29, 1.82) is 0 Å². The van der Waals surface area contributed by atoms with E-state index in [1.165, 1.54) is 5.56 Å². The highest BCUT2D eigenvalue weighted by atomic mass is 32.2. The topological polar surface area (TPSA) is 41.1 Å². The summed E-state index contributed by atoms with van der Waals surface area (Å²) in [6, 6.07) is 7.35. The van der Waals surface area contributed by atoms with Crippen molar-refractivity contribution in [2.24, 2.45) is 0 Å². The Kier molecular flexibility index (Phi) is 4.99. The number of carbonyl (C=O) groups is 1. The predicted molar refractivity (Wildman–Crippen MR) is 76.3 cm³/mol. The molecular weight excluding hydrogens is 282 g/mol. The lowest BCUT2D eigenvalue weighted by molar-refractivity contribution is -0.123. The molecule has 6 heteroatoms. The first-order chi connectivity index (χ1) is 9.46. The fourth-order valence-electron chi connectivity index (χ4n) is 2.00. The Bertz CT molecular complexity index is 465. The summed E-state index contributed by atoms with van der Waals surface area (Å²) in [5, 5.41) is 5.23. The van der Waals surface area contributed by atoms with Crippen molar-refractivity contribution in [3.8, 4) is 0 Å². The zero-order chi connectivity index (χ0) is 14.6. The lowest BCUT2D eigenvalue weighted by Gasteiger charge is -2.11. The molecule has 1 fully saturated rings. The summed E-state index contributed by atoms with van der Waals surface area (Å²) < 4.78 is 25.9. The minimum atomic E-state index is -2.77. The number of amides is 1. The smallest absolute Gasteiger partial charge is 0.262 e. The molecule has 0 bridgehead atoms. The first kappa shape index (κ1) is 15.3. The maximum Gasteiger partial charge on any atom is 0.262 e. The molecule has 1 aliphatic rings. The molecule has 1 saturated heterocycles.